The Morgan fingerprint density at radius 1 is 1.15 bits per heavy atom. The SMILES string of the molecule is COCCn1c(SCc2ccccc2C(=O)N2CCOCC2)nnc1-c1ccc([N+](=O)[O-])cc1. The number of thioether (sulfide) groups is 1. The molecule has 0 atom stereocenters. The molecule has 2 heterocycles. The topological polar surface area (TPSA) is 113 Å². The van der Waals surface area contributed by atoms with Crippen LogP contribution in [0.1, 0.15) is 15.9 Å². The number of nitro benzene ring substituents is 1. The van der Waals surface area contributed by atoms with Gasteiger partial charge < -0.3 is 14.4 Å². The highest BCUT2D eigenvalue weighted by Crippen LogP contribution is 2.29. The lowest BCUT2D eigenvalue weighted by molar-refractivity contribution is -0.384. The van der Waals surface area contributed by atoms with Crippen molar-refractivity contribution in [1.82, 2.24) is 19.7 Å². The Morgan fingerprint density at radius 3 is 2.59 bits per heavy atom. The molecule has 178 valence electrons. The third-order valence-electron chi connectivity index (χ3n) is 5.48. The molecule has 0 spiro atoms. The summed E-state index contributed by atoms with van der Waals surface area (Å²) < 4.78 is 12.6. The summed E-state index contributed by atoms with van der Waals surface area (Å²) in [5, 5.41) is 20.3. The molecule has 1 amide bonds. The minimum absolute atomic E-state index is 0.00641. The minimum Gasteiger partial charge on any atom is -0.383 e. The van der Waals surface area contributed by atoms with E-state index in [-0.39, 0.29) is 11.6 Å². The van der Waals surface area contributed by atoms with Crippen LogP contribution in [0.2, 0.25) is 0 Å². The van der Waals surface area contributed by atoms with Crippen LogP contribution < -0.4 is 0 Å². The molecule has 2 aromatic carbocycles. The summed E-state index contributed by atoms with van der Waals surface area (Å²) in [5.41, 5.74) is 2.34. The average molecular weight is 484 g/mol. The van der Waals surface area contributed by atoms with Gasteiger partial charge in [-0.25, -0.2) is 0 Å². The number of aromatic nitrogens is 3. The number of ether oxygens (including phenoxy) is 2. The van der Waals surface area contributed by atoms with Crippen LogP contribution in [0.5, 0.6) is 0 Å². The van der Waals surface area contributed by atoms with Gasteiger partial charge in [0.25, 0.3) is 11.6 Å². The maximum Gasteiger partial charge on any atom is 0.269 e. The molecule has 11 heteroatoms. The van der Waals surface area contributed by atoms with Gasteiger partial charge in [0.2, 0.25) is 0 Å². The molecule has 1 aliphatic rings. The van der Waals surface area contributed by atoms with Gasteiger partial charge in [0, 0.05) is 49.2 Å². The van der Waals surface area contributed by atoms with E-state index < -0.39 is 4.92 Å². The number of hydrogen-bond acceptors (Lipinski definition) is 8. The van der Waals surface area contributed by atoms with Gasteiger partial charge in [-0.05, 0) is 23.8 Å². The molecule has 0 unspecified atom stereocenters. The van der Waals surface area contributed by atoms with E-state index in [4.69, 9.17) is 9.47 Å². The highest BCUT2D eigenvalue weighted by Gasteiger charge is 2.22. The van der Waals surface area contributed by atoms with Gasteiger partial charge >= 0.3 is 0 Å². The number of carbonyl (C=O) groups is 1. The van der Waals surface area contributed by atoms with E-state index in [1.165, 1.54) is 23.9 Å². The van der Waals surface area contributed by atoms with Gasteiger partial charge in [-0.2, -0.15) is 0 Å². The number of methoxy groups -OCH3 is 1. The van der Waals surface area contributed by atoms with Crippen LogP contribution in [0.25, 0.3) is 11.4 Å². The van der Waals surface area contributed by atoms with E-state index in [9.17, 15) is 14.9 Å². The van der Waals surface area contributed by atoms with Crippen LogP contribution in [0.4, 0.5) is 5.69 Å². The number of benzene rings is 2. The number of amides is 1. The third kappa shape index (κ3) is 5.44. The molecular formula is C23H25N5O5S. The summed E-state index contributed by atoms with van der Waals surface area (Å²) in [6, 6.07) is 13.8. The van der Waals surface area contributed by atoms with Crippen LogP contribution in [-0.2, 0) is 21.8 Å². The fourth-order valence-corrected chi connectivity index (χ4v) is 4.63. The van der Waals surface area contributed by atoms with Crippen molar-refractivity contribution in [2.45, 2.75) is 17.5 Å². The van der Waals surface area contributed by atoms with Gasteiger partial charge in [0.15, 0.2) is 11.0 Å². The Morgan fingerprint density at radius 2 is 1.88 bits per heavy atom. The van der Waals surface area contributed by atoms with Crippen LogP contribution in [0.3, 0.4) is 0 Å². The first-order valence-electron chi connectivity index (χ1n) is 10.8. The van der Waals surface area contributed by atoms with Crippen molar-refractivity contribution in [2.75, 3.05) is 40.0 Å². The standard InChI is InChI=1S/C23H25N5O5S/c1-32-13-12-27-21(17-6-8-19(9-7-17)28(30)31)24-25-23(27)34-16-18-4-2-3-5-20(18)22(29)26-10-14-33-15-11-26/h2-9H,10-16H2,1H3. The number of morpholine rings is 1. The van der Waals surface area contributed by atoms with Crippen LogP contribution >= 0.6 is 11.8 Å². The Labute approximate surface area is 201 Å². The van der Waals surface area contributed by atoms with Crippen molar-refractivity contribution >= 4 is 23.4 Å². The number of nitrogens with zero attached hydrogens (tertiary/aromatic N) is 5. The van der Waals surface area contributed by atoms with E-state index in [1.54, 1.807) is 19.2 Å². The second-order valence-corrected chi connectivity index (χ2v) is 8.55. The number of nitro groups is 1. The summed E-state index contributed by atoms with van der Waals surface area (Å²) in [6.45, 7) is 3.26. The maximum absolute atomic E-state index is 13.1. The second kappa shape index (κ2) is 11.2. The van der Waals surface area contributed by atoms with Crippen molar-refractivity contribution in [3.8, 4) is 11.4 Å². The van der Waals surface area contributed by atoms with Crippen molar-refractivity contribution in [2.24, 2.45) is 0 Å². The van der Waals surface area contributed by atoms with E-state index in [0.717, 1.165) is 11.1 Å². The van der Waals surface area contributed by atoms with E-state index in [2.05, 4.69) is 10.2 Å². The minimum atomic E-state index is -0.434. The highest BCUT2D eigenvalue weighted by molar-refractivity contribution is 7.98. The largest absolute Gasteiger partial charge is 0.383 e. The number of hydrogen-bond donors (Lipinski definition) is 0. The summed E-state index contributed by atoms with van der Waals surface area (Å²) in [6.07, 6.45) is 0. The zero-order valence-electron chi connectivity index (χ0n) is 18.8. The van der Waals surface area contributed by atoms with E-state index in [0.29, 0.717) is 61.8 Å². The normalized spacial score (nSPS) is 13.7. The number of non-ortho nitro benzene ring substituents is 1. The Kier molecular flexibility index (Phi) is 7.88. The predicted molar refractivity (Wildman–Crippen MR) is 127 cm³/mol. The number of carbonyl (C=O) groups excluding carboxylic acids is 1. The molecule has 0 radical (unpaired) electrons. The Hall–Kier alpha value is -3.28. The highest BCUT2D eigenvalue weighted by atomic mass is 32.2. The molecule has 10 nitrogen and oxygen atoms in total. The van der Waals surface area contributed by atoms with Gasteiger partial charge in [-0.1, -0.05) is 30.0 Å². The molecule has 3 aromatic rings. The molecule has 0 N–H and O–H groups in total. The smallest absolute Gasteiger partial charge is 0.269 e. The lowest BCUT2D eigenvalue weighted by Crippen LogP contribution is -2.41. The summed E-state index contributed by atoms with van der Waals surface area (Å²) in [5.74, 6) is 1.15. The van der Waals surface area contributed by atoms with Crippen molar-refractivity contribution < 1.29 is 19.2 Å². The molecular weight excluding hydrogens is 458 g/mol. The van der Waals surface area contributed by atoms with Gasteiger partial charge in [-0.15, -0.1) is 10.2 Å². The zero-order chi connectivity index (χ0) is 23.9. The molecule has 4 rings (SSSR count). The summed E-state index contributed by atoms with van der Waals surface area (Å²) in [4.78, 5) is 25.4. The van der Waals surface area contributed by atoms with Gasteiger partial charge in [0.1, 0.15) is 0 Å². The van der Waals surface area contributed by atoms with Crippen molar-refractivity contribution in [3.05, 3.63) is 69.8 Å². The molecule has 1 aliphatic heterocycles. The van der Waals surface area contributed by atoms with E-state index in [1.807, 2.05) is 33.7 Å². The Bertz CT molecular complexity index is 1140. The predicted octanol–water partition coefficient (Wildman–Crippen LogP) is 3.26. The fraction of sp³-hybridized carbons (Fsp3) is 0.348. The molecule has 0 aliphatic carbocycles. The lowest BCUT2D eigenvalue weighted by atomic mass is 10.1. The molecule has 0 saturated carbocycles. The molecule has 0 bridgehead atoms. The van der Waals surface area contributed by atoms with Crippen molar-refractivity contribution in [3.63, 3.8) is 0 Å². The first-order chi connectivity index (χ1) is 16.6. The second-order valence-electron chi connectivity index (χ2n) is 7.60. The van der Waals surface area contributed by atoms with Crippen LogP contribution in [0, 0.1) is 10.1 Å². The zero-order valence-corrected chi connectivity index (χ0v) is 19.6. The monoisotopic (exact) mass is 483 g/mol. The van der Waals surface area contributed by atoms with Gasteiger partial charge in [-0.3, -0.25) is 19.5 Å². The molecule has 1 fully saturated rings. The molecule has 1 saturated heterocycles. The van der Waals surface area contributed by atoms with Crippen LogP contribution in [-0.4, -0.2) is 70.5 Å². The van der Waals surface area contributed by atoms with Crippen LogP contribution in [0.15, 0.2) is 53.7 Å². The third-order valence-corrected chi connectivity index (χ3v) is 6.49. The summed E-state index contributed by atoms with van der Waals surface area (Å²) >= 11 is 1.48. The van der Waals surface area contributed by atoms with E-state index >= 15 is 0 Å². The average Bonchev–Trinajstić information content (AvgIpc) is 3.29. The quantitative estimate of drug-likeness (QED) is 0.259. The summed E-state index contributed by atoms with van der Waals surface area (Å²) in [7, 11) is 1.62. The Balaban J connectivity index is 1.55. The molecule has 34 heavy (non-hydrogen) atoms. The lowest BCUT2D eigenvalue weighted by Gasteiger charge is -2.27. The number of rotatable bonds is 9. The molecule has 1 aromatic heterocycles. The first-order valence-corrected chi connectivity index (χ1v) is 11.8. The van der Waals surface area contributed by atoms with Gasteiger partial charge in [0.05, 0.1) is 31.3 Å². The first kappa shape index (κ1) is 23.9. The van der Waals surface area contributed by atoms with Crippen molar-refractivity contribution in [1.29, 1.82) is 0 Å². The maximum atomic E-state index is 13.1. The fourth-order valence-electron chi connectivity index (χ4n) is 3.66.